The summed E-state index contributed by atoms with van der Waals surface area (Å²) < 4.78 is 14.2. The Labute approximate surface area is 70.2 Å². The Morgan fingerprint density at radius 2 is 2.17 bits per heavy atom. The minimum Gasteiger partial charge on any atom is -0.401 e. The number of halogens is 1. The van der Waals surface area contributed by atoms with Crippen LogP contribution in [-0.4, -0.2) is 12.5 Å². The Morgan fingerprint density at radius 1 is 1.42 bits per heavy atom. The highest BCUT2D eigenvalue weighted by molar-refractivity contribution is 6.11. The summed E-state index contributed by atoms with van der Waals surface area (Å²) in [6.45, 7) is 0. The monoisotopic (exact) mass is 160 g/mol. The van der Waals surface area contributed by atoms with Crippen molar-refractivity contribution in [2.45, 2.75) is 0 Å². The van der Waals surface area contributed by atoms with Crippen molar-refractivity contribution >= 4 is 24.6 Å². The third-order valence-electron chi connectivity index (χ3n) is 1.81. The third-order valence-corrected chi connectivity index (χ3v) is 1.81. The van der Waals surface area contributed by atoms with Crippen molar-refractivity contribution in [3.05, 3.63) is 30.2 Å². The smallest absolute Gasteiger partial charge is 0.234 e. The lowest BCUT2D eigenvalue weighted by Gasteiger charge is -1.96. The molecule has 0 atom stereocenters. The minimum absolute atomic E-state index is 0.326. The van der Waals surface area contributed by atoms with E-state index in [0.717, 1.165) is 0 Å². The van der Waals surface area contributed by atoms with E-state index < -0.39 is 0 Å². The molecule has 0 aliphatic carbocycles. The van der Waals surface area contributed by atoms with Crippen LogP contribution in [0.1, 0.15) is 0 Å². The van der Waals surface area contributed by atoms with Crippen LogP contribution in [0.5, 0.6) is 0 Å². The van der Waals surface area contributed by atoms with Gasteiger partial charge in [-0.3, -0.25) is 0 Å². The van der Waals surface area contributed by atoms with Crippen LogP contribution in [0.2, 0.25) is 0 Å². The molecule has 1 aromatic heterocycles. The summed E-state index contributed by atoms with van der Waals surface area (Å²) in [6.07, 6.45) is 1.23. The van der Waals surface area contributed by atoms with E-state index in [0.29, 0.717) is 16.6 Å². The third kappa shape index (κ3) is 0.880. The highest BCUT2D eigenvalue weighted by Gasteiger charge is 2.04. The molecule has 0 fully saturated rings. The molecule has 1 aromatic carbocycles. The van der Waals surface area contributed by atoms with E-state index in [1.54, 1.807) is 18.2 Å². The number of nitrogen functional groups attached to an aromatic ring is 1. The van der Waals surface area contributed by atoms with Gasteiger partial charge in [0.1, 0.15) is 5.82 Å². The minimum atomic E-state index is -0.326. The van der Waals surface area contributed by atoms with E-state index >= 15 is 0 Å². The van der Waals surface area contributed by atoms with E-state index in [4.69, 9.17) is 13.7 Å². The molecule has 0 amide bonds. The van der Waals surface area contributed by atoms with E-state index in [1.807, 2.05) is 0 Å². The molecule has 58 valence electrons. The SMILES string of the molecule is [B]n1cc(F)c2ccc(N)cc21. The molecule has 0 aliphatic rings. The van der Waals surface area contributed by atoms with Gasteiger partial charge in [-0.15, -0.1) is 0 Å². The van der Waals surface area contributed by atoms with Gasteiger partial charge in [-0.25, -0.2) is 4.39 Å². The lowest BCUT2D eigenvalue weighted by atomic mass is 10.2. The second-order valence-electron chi connectivity index (χ2n) is 2.66. The van der Waals surface area contributed by atoms with E-state index in [2.05, 4.69) is 0 Å². The van der Waals surface area contributed by atoms with Crippen LogP contribution in [0.15, 0.2) is 24.4 Å². The predicted octanol–water partition coefficient (Wildman–Crippen LogP) is 1.29. The fourth-order valence-corrected chi connectivity index (χ4v) is 1.23. The first-order valence-electron chi connectivity index (χ1n) is 3.49. The van der Waals surface area contributed by atoms with Crippen molar-refractivity contribution in [2.24, 2.45) is 0 Å². The highest BCUT2D eigenvalue weighted by atomic mass is 19.1. The van der Waals surface area contributed by atoms with Crippen molar-refractivity contribution in [3.8, 4) is 0 Å². The number of hydrogen-bond donors (Lipinski definition) is 1. The Kier molecular flexibility index (Phi) is 1.36. The quantitative estimate of drug-likeness (QED) is 0.456. The average molecular weight is 160 g/mol. The van der Waals surface area contributed by atoms with Gasteiger partial charge in [-0.2, -0.15) is 0 Å². The summed E-state index contributed by atoms with van der Waals surface area (Å²) in [5, 5.41) is 0.492. The number of nitrogens with zero attached hydrogens (tertiary/aromatic N) is 1. The first-order valence-corrected chi connectivity index (χ1v) is 3.49. The van der Waals surface area contributed by atoms with Crippen molar-refractivity contribution in [2.75, 3.05) is 5.73 Å². The molecule has 2 rings (SSSR count). The maximum absolute atomic E-state index is 13.0. The van der Waals surface area contributed by atoms with Gasteiger partial charge in [0.15, 0.2) is 0 Å². The van der Waals surface area contributed by atoms with Gasteiger partial charge in [0, 0.05) is 22.8 Å². The van der Waals surface area contributed by atoms with Crippen LogP contribution in [0.25, 0.3) is 10.9 Å². The lowest BCUT2D eigenvalue weighted by molar-refractivity contribution is 0.638. The van der Waals surface area contributed by atoms with Crippen molar-refractivity contribution in [1.82, 2.24) is 4.48 Å². The van der Waals surface area contributed by atoms with Crippen LogP contribution in [0, 0.1) is 5.82 Å². The largest absolute Gasteiger partial charge is 0.401 e. The number of fused-ring (bicyclic) bond motifs is 1. The topological polar surface area (TPSA) is 30.9 Å². The maximum atomic E-state index is 13.0. The highest BCUT2D eigenvalue weighted by Crippen LogP contribution is 2.20. The number of aromatic nitrogens is 1. The molecule has 4 heteroatoms. The Bertz CT molecular complexity index is 436. The molecule has 0 spiro atoms. The summed E-state index contributed by atoms with van der Waals surface area (Å²) in [7, 11) is 5.47. The van der Waals surface area contributed by atoms with Gasteiger partial charge in [-0.1, -0.05) is 0 Å². The van der Waals surface area contributed by atoms with Gasteiger partial charge in [0.2, 0.25) is 7.98 Å². The molecule has 2 radical (unpaired) electrons. The number of hydrogen-bond acceptors (Lipinski definition) is 1. The van der Waals surface area contributed by atoms with Gasteiger partial charge in [-0.05, 0) is 18.2 Å². The van der Waals surface area contributed by atoms with Crippen LogP contribution < -0.4 is 5.73 Å². The van der Waals surface area contributed by atoms with Crippen LogP contribution in [0.4, 0.5) is 10.1 Å². The number of anilines is 1. The number of rotatable bonds is 0. The lowest BCUT2D eigenvalue weighted by Crippen LogP contribution is -1.89. The molecule has 0 bridgehead atoms. The van der Waals surface area contributed by atoms with Gasteiger partial charge in [0.25, 0.3) is 0 Å². The molecule has 0 aliphatic heterocycles. The summed E-state index contributed by atoms with van der Waals surface area (Å²) in [6, 6.07) is 4.90. The number of nitrogens with two attached hydrogens (primary N) is 1. The first-order chi connectivity index (χ1) is 5.68. The molecule has 2 aromatic rings. The predicted molar refractivity (Wildman–Crippen MR) is 47.5 cm³/mol. The molecule has 2 N–H and O–H groups in total. The molecular weight excluding hydrogens is 154 g/mol. The van der Waals surface area contributed by atoms with Gasteiger partial charge < -0.3 is 10.2 Å². The van der Waals surface area contributed by atoms with Crippen molar-refractivity contribution in [3.63, 3.8) is 0 Å². The first kappa shape index (κ1) is 7.22. The van der Waals surface area contributed by atoms with Crippen LogP contribution in [0.3, 0.4) is 0 Å². The van der Waals surface area contributed by atoms with Crippen LogP contribution in [-0.2, 0) is 0 Å². The Balaban J connectivity index is 2.90. The zero-order valence-electron chi connectivity index (χ0n) is 6.29. The van der Waals surface area contributed by atoms with E-state index in [-0.39, 0.29) is 5.82 Å². The zero-order valence-corrected chi connectivity index (χ0v) is 6.29. The van der Waals surface area contributed by atoms with E-state index in [1.165, 1.54) is 10.7 Å². The molecule has 2 nitrogen and oxygen atoms in total. The molecule has 1 heterocycles. The van der Waals surface area contributed by atoms with Crippen LogP contribution >= 0.6 is 0 Å². The summed E-state index contributed by atoms with van der Waals surface area (Å²) in [5.74, 6) is -0.326. The molecule has 12 heavy (non-hydrogen) atoms. The Morgan fingerprint density at radius 3 is 2.92 bits per heavy atom. The van der Waals surface area contributed by atoms with Gasteiger partial charge in [0.05, 0.1) is 0 Å². The normalized spacial score (nSPS) is 10.8. The Hall–Kier alpha value is -1.45. The van der Waals surface area contributed by atoms with Crippen molar-refractivity contribution in [1.29, 1.82) is 0 Å². The molecular formula is C8H6BFN2. The molecule has 0 saturated heterocycles. The summed E-state index contributed by atoms with van der Waals surface area (Å²) in [5.41, 5.74) is 6.69. The van der Waals surface area contributed by atoms with Gasteiger partial charge >= 0.3 is 0 Å². The number of benzene rings is 1. The summed E-state index contributed by atoms with van der Waals surface area (Å²) >= 11 is 0. The fraction of sp³-hybridized carbons (Fsp3) is 0. The average Bonchev–Trinajstić information content (AvgIpc) is 2.28. The standard InChI is InChI=1S/C8H6BFN2/c9-12-4-7(10)6-2-1-5(11)3-8(6)12/h1-4H,11H2. The maximum Gasteiger partial charge on any atom is 0.234 e. The summed E-state index contributed by atoms with van der Waals surface area (Å²) in [4.78, 5) is 0. The van der Waals surface area contributed by atoms with Crippen molar-refractivity contribution < 1.29 is 4.39 Å². The molecule has 0 saturated carbocycles. The zero-order chi connectivity index (χ0) is 8.72. The second kappa shape index (κ2) is 2.27. The van der Waals surface area contributed by atoms with E-state index in [9.17, 15) is 4.39 Å². The fourth-order valence-electron chi connectivity index (χ4n) is 1.23. The molecule has 0 unspecified atom stereocenters. The second-order valence-corrected chi connectivity index (χ2v) is 2.66.